The minimum absolute atomic E-state index is 0.557. The number of rotatable bonds is 6. The molecule has 0 unspecified atom stereocenters. The van der Waals surface area contributed by atoms with Crippen LogP contribution in [0.5, 0.6) is 5.75 Å². The Hall–Kier alpha value is -2.25. The van der Waals surface area contributed by atoms with Gasteiger partial charge in [0.25, 0.3) is 0 Å². The van der Waals surface area contributed by atoms with E-state index in [2.05, 4.69) is 11.4 Å². The average molecular weight is 256 g/mol. The minimum atomic E-state index is 0.557. The molecule has 2 rings (SSSR count). The molecular formula is C15H16N2O2. The number of ether oxygens (including phenoxy) is 1. The highest BCUT2D eigenvalue weighted by atomic mass is 16.5. The largest absolute Gasteiger partial charge is 0.495 e. The molecule has 0 atom stereocenters. The third kappa shape index (κ3) is 3.60. The Balaban J connectivity index is 1.84. The number of furan rings is 1. The van der Waals surface area contributed by atoms with Crippen LogP contribution in [0.2, 0.25) is 0 Å². The van der Waals surface area contributed by atoms with Crippen LogP contribution in [0.25, 0.3) is 0 Å². The van der Waals surface area contributed by atoms with Crippen molar-refractivity contribution in [3.05, 3.63) is 53.5 Å². The van der Waals surface area contributed by atoms with Crippen molar-refractivity contribution in [3.8, 4) is 11.8 Å². The molecule has 4 nitrogen and oxygen atoms in total. The first-order valence-corrected chi connectivity index (χ1v) is 6.13. The van der Waals surface area contributed by atoms with Gasteiger partial charge in [-0.25, -0.2) is 0 Å². The lowest BCUT2D eigenvalue weighted by Gasteiger charge is -2.07. The zero-order valence-electron chi connectivity index (χ0n) is 10.8. The van der Waals surface area contributed by atoms with Crippen molar-refractivity contribution in [2.45, 2.75) is 13.0 Å². The van der Waals surface area contributed by atoms with Crippen LogP contribution in [0.3, 0.4) is 0 Å². The maximum Gasteiger partial charge on any atom is 0.136 e. The van der Waals surface area contributed by atoms with Gasteiger partial charge in [0.15, 0.2) is 0 Å². The summed E-state index contributed by atoms with van der Waals surface area (Å²) in [5.41, 5.74) is 1.65. The molecule has 0 aliphatic heterocycles. The summed E-state index contributed by atoms with van der Waals surface area (Å²) in [7, 11) is 1.57. The summed E-state index contributed by atoms with van der Waals surface area (Å²) in [6.45, 7) is 1.58. The van der Waals surface area contributed by atoms with Crippen LogP contribution in [0.1, 0.15) is 16.9 Å². The maximum absolute atomic E-state index is 8.90. The monoisotopic (exact) mass is 256 g/mol. The van der Waals surface area contributed by atoms with Crippen molar-refractivity contribution in [1.82, 2.24) is 5.32 Å². The van der Waals surface area contributed by atoms with E-state index in [0.717, 1.165) is 30.8 Å². The lowest BCUT2D eigenvalue weighted by atomic mass is 10.1. The first kappa shape index (κ1) is 13.2. The van der Waals surface area contributed by atoms with E-state index in [0.29, 0.717) is 11.3 Å². The number of methoxy groups -OCH3 is 1. The van der Waals surface area contributed by atoms with E-state index in [-0.39, 0.29) is 0 Å². The van der Waals surface area contributed by atoms with E-state index < -0.39 is 0 Å². The fourth-order valence-corrected chi connectivity index (χ4v) is 1.84. The van der Waals surface area contributed by atoms with E-state index in [4.69, 9.17) is 14.4 Å². The summed E-state index contributed by atoms with van der Waals surface area (Å²) in [5.74, 6) is 1.60. The van der Waals surface area contributed by atoms with Gasteiger partial charge in [-0.15, -0.1) is 0 Å². The number of benzene rings is 1. The summed E-state index contributed by atoms with van der Waals surface area (Å²) < 4.78 is 10.4. The van der Waals surface area contributed by atoms with Gasteiger partial charge in [0.2, 0.25) is 0 Å². The van der Waals surface area contributed by atoms with Crippen LogP contribution >= 0.6 is 0 Å². The van der Waals surface area contributed by atoms with Crippen LogP contribution in [0, 0.1) is 11.3 Å². The summed E-state index contributed by atoms with van der Waals surface area (Å²) >= 11 is 0. The third-order valence-corrected chi connectivity index (χ3v) is 2.84. The minimum Gasteiger partial charge on any atom is -0.495 e. The molecule has 4 heteroatoms. The molecule has 0 spiro atoms. The van der Waals surface area contributed by atoms with Crippen molar-refractivity contribution >= 4 is 0 Å². The lowest BCUT2D eigenvalue weighted by Crippen LogP contribution is -2.16. The van der Waals surface area contributed by atoms with Crippen molar-refractivity contribution in [2.75, 3.05) is 13.7 Å². The van der Waals surface area contributed by atoms with Crippen molar-refractivity contribution in [2.24, 2.45) is 0 Å². The second kappa shape index (κ2) is 6.62. The van der Waals surface area contributed by atoms with E-state index in [9.17, 15) is 0 Å². The summed E-state index contributed by atoms with van der Waals surface area (Å²) in [6, 6.07) is 11.6. The summed E-state index contributed by atoms with van der Waals surface area (Å²) in [4.78, 5) is 0. The molecule has 2 aromatic rings. The Morgan fingerprint density at radius 1 is 1.37 bits per heavy atom. The van der Waals surface area contributed by atoms with Gasteiger partial charge in [0.1, 0.15) is 17.6 Å². The first-order valence-electron chi connectivity index (χ1n) is 6.13. The smallest absolute Gasteiger partial charge is 0.136 e. The van der Waals surface area contributed by atoms with Gasteiger partial charge in [-0.1, -0.05) is 6.07 Å². The predicted molar refractivity (Wildman–Crippen MR) is 71.8 cm³/mol. The quantitative estimate of drug-likeness (QED) is 0.807. The van der Waals surface area contributed by atoms with Crippen molar-refractivity contribution in [1.29, 1.82) is 5.26 Å². The zero-order chi connectivity index (χ0) is 13.5. The van der Waals surface area contributed by atoms with E-state index in [1.165, 1.54) is 0 Å². The molecule has 0 aliphatic carbocycles. The maximum atomic E-state index is 8.90. The standard InChI is InChI=1S/C15H16N2O2/c1-18-15-9-12(4-5-13(15)10-16)11-17-7-6-14-3-2-8-19-14/h2-5,8-9,17H,6-7,11H2,1H3. The van der Waals surface area contributed by atoms with Gasteiger partial charge in [0.05, 0.1) is 18.9 Å². The molecule has 1 aromatic heterocycles. The Kier molecular flexibility index (Phi) is 4.60. The molecule has 1 N–H and O–H groups in total. The highest BCUT2D eigenvalue weighted by molar-refractivity contribution is 5.45. The number of nitriles is 1. The number of hydrogen-bond acceptors (Lipinski definition) is 4. The molecule has 19 heavy (non-hydrogen) atoms. The molecule has 0 saturated heterocycles. The summed E-state index contributed by atoms with van der Waals surface area (Å²) in [6.07, 6.45) is 2.54. The van der Waals surface area contributed by atoms with Crippen LogP contribution in [0.4, 0.5) is 0 Å². The van der Waals surface area contributed by atoms with Crippen LogP contribution < -0.4 is 10.1 Å². The second-order valence-corrected chi connectivity index (χ2v) is 4.15. The van der Waals surface area contributed by atoms with Crippen LogP contribution in [0.15, 0.2) is 41.0 Å². The van der Waals surface area contributed by atoms with E-state index >= 15 is 0 Å². The average Bonchev–Trinajstić information content (AvgIpc) is 2.96. The molecule has 1 aromatic carbocycles. The fraction of sp³-hybridized carbons (Fsp3) is 0.267. The van der Waals surface area contributed by atoms with Crippen LogP contribution in [-0.2, 0) is 13.0 Å². The second-order valence-electron chi connectivity index (χ2n) is 4.15. The van der Waals surface area contributed by atoms with Crippen molar-refractivity contribution < 1.29 is 9.15 Å². The van der Waals surface area contributed by atoms with Gasteiger partial charge in [-0.3, -0.25) is 0 Å². The molecule has 1 heterocycles. The fourth-order valence-electron chi connectivity index (χ4n) is 1.84. The third-order valence-electron chi connectivity index (χ3n) is 2.84. The molecule has 98 valence electrons. The predicted octanol–water partition coefficient (Wildman–Crippen LogP) is 2.49. The highest BCUT2D eigenvalue weighted by Gasteiger charge is 2.03. The zero-order valence-corrected chi connectivity index (χ0v) is 10.8. The number of nitrogens with zero attached hydrogens (tertiary/aromatic N) is 1. The Bertz CT molecular complexity index is 556. The molecule has 0 aliphatic rings. The van der Waals surface area contributed by atoms with Gasteiger partial charge in [0, 0.05) is 19.5 Å². The Morgan fingerprint density at radius 2 is 2.26 bits per heavy atom. The normalized spacial score (nSPS) is 10.1. The van der Waals surface area contributed by atoms with Gasteiger partial charge >= 0.3 is 0 Å². The van der Waals surface area contributed by atoms with Crippen LogP contribution in [-0.4, -0.2) is 13.7 Å². The molecule has 0 saturated carbocycles. The van der Waals surface area contributed by atoms with Gasteiger partial charge in [-0.05, 0) is 29.8 Å². The van der Waals surface area contributed by atoms with E-state index in [1.54, 1.807) is 19.4 Å². The SMILES string of the molecule is COc1cc(CNCCc2ccco2)ccc1C#N. The number of hydrogen-bond donors (Lipinski definition) is 1. The Morgan fingerprint density at radius 3 is 2.95 bits per heavy atom. The first-order chi connectivity index (χ1) is 9.33. The molecule has 0 radical (unpaired) electrons. The lowest BCUT2D eigenvalue weighted by molar-refractivity contribution is 0.412. The number of nitrogens with one attached hydrogen (secondary N) is 1. The van der Waals surface area contributed by atoms with Gasteiger partial charge < -0.3 is 14.5 Å². The van der Waals surface area contributed by atoms with Gasteiger partial charge in [-0.2, -0.15) is 5.26 Å². The molecule has 0 bridgehead atoms. The molecule has 0 amide bonds. The topological polar surface area (TPSA) is 58.2 Å². The van der Waals surface area contributed by atoms with E-state index in [1.807, 2.05) is 24.3 Å². The highest BCUT2D eigenvalue weighted by Crippen LogP contribution is 2.19. The van der Waals surface area contributed by atoms with Crippen molar-refractivity contribution in [3.63, 3.8) is 0 Å². The summed E-state index contributed by atoms with van der Waals surface area (Å²) in [5, 5.41) is 12.2. The molecule has 0 fully saturated rings. The molecular weight excluding hydrogens is 240 g/mol. The Labute approximate surface area is 112 Å².